The number of benzene rings is 1. The zero-order chi connectivity index (χ0) is 13.2. The number of carbonyl (C=O) groups excluding carboxylic acids is 1. The fourth-order valence-corrected chi connectivity index (χ4v) is 1.85. The number of H-pyrrole nitrogens is 1. The summed E-state index contributed by atoms with van der Waals surface area (Å²) in [5, 5.41) is 0. The third-order valence-electron chi connectivity index (χ3n) is 2.78. The minimum atomic E-state index is -0.176. The van der Waals surface area contributed by atoms with E-state index in [0.29, 0.717) is 11.6 Å². The van der Waals surface area contributed by atoms with Crippen LogP contribution >= 0.6 is 0 Å². The first-order valence-electron chi connectivity index (χ1n) is 5.96. The Morgan fingerprint density at radius 2 is 2.11 bits per heavy atom. The topological polar surface area (TPSA) is 58.9 Å². The number of rotatable bonds is 3. The quantitative estimate of drug-likeness (QED) is 0.574. The maximum absolute atomic E-state index is 12.0. The number of allylic oxidation sites excluding steroid dienone is 1. The highest BCUT2D eigenvalue weighted by Crippen LogP contribution is 2.12. The first-order valence-corrected chi connectivity index (χ1v) is 5.96. The molecule has 0 bridgehead atoms. The van der Waals surface area contributed by atoms with Crippen LogP contribution in [0, 0.1) is 6.92 Å². The van der Waals surface area contributed by atoms with Gasteiger partial charge in [-0.3, -0.25) is 4.79 Å². The van der Waals surface area contributed by atoms with E-state index in [0.717, 1.165) is 16.8 Å². The number of aryl methyl sites for hydroxylation is 1. The number of hydrogen-bond donors (Lipinski definition) is 1. The highest BCUT2D eigenvalue weighted by atomic mass is 16.3. The molecule has 0 unspecified atom stereocenters. The number of aromatic nitrogens is 2. The van der Waals surface area contributed by atoms with Crippen molar-refractivity contribution >= 4 is 22.9 Å². The van der Waals surface area contributed by atoms with E-state index in [4.69, 9.17) is 4.42 Å². The summed E-state index contributed by atoms with van der Waals surface area (Å²) in [7, 11) is 0. The van der Waals surface area contributed by atoms with Crippen molar-refractivity contribution in [2.45, 2.75) is 6.92 Å². The van der Waals surface area contributed by atoms with Gasteiger partial charge in [0.15, 0.2) is 5.82 Å². The summed E-state index contributed by atoms with van der Waals surface area (Å²) in [6, 6.07) is 11.2. The lowest BCUT2D eigenvalue weighted by Gasteiger charge is -1.87. The molecular formula is C15H12N2O2. The Bertz CT molecular complexity index is 732. The van der Waals surface area contributed by atoms with Gasteiger partial charge in [0.25, 0.3) is 0 Å². The van der Waals surface area contributed by atoms with Gasteiger partial charge in [-0.15, -0.1) is 0 Å². The summed E-state index contributed by atoms with van der Waals surface area (Å²) in [4.78, 5) is 19.2. The lowest BCUT2D eigenvalue weighted by atomic mass is 10.3. The molecule has 0 aliphatic heterocycles. The number of aromatic amines is 1. The highest BCUT2D eigenvalue weighted by Gasteiger charge is 2.08. The van der Waals surface area contributed by atoms with Gasteiger partial charge < -0.3 is 9.40 Å². The van der Waals surface area contributed by atoms with Crippen LogP contribution in [0.25, 0.3) is 17.1 Å². The van der Waals surface area contributed by atoms with Crippen LogP contribution in [0.4, 0.5) is 0 Å². The predicted octanol–water partition coefficient (Wildman–Crippen LogP) is 3.36. The van der Waals surface area contributed by atoms with Crippen molar-refractivity contribution in [3.63, 3.8) is 0 Å². The third kappa shape index (κ3) is 2.33. The van der Waals surface area contributed by atoms with Gasteiger partial charge in [-0.2, -0.15) is 0 Å². The summed E-state index contributed by atoms with van der Waals surface area (Å²) in [5.74, 6) is 1.63. The van der Waals surface area contributed by atoms with Crippen molar-refractivity contribution in [1.29, 1.82) is 0 Å². The first-order chi connectivity index (χ1) is 9.22. The number of fused-ring (bicyclic) bond motifs is 1. The van der Waals surface area contributed by atoms with Crippen molar-refractivity contribution < 1.29 is 9.21 Å². The van der Waals surface area contributed by atoms with Crippen molar-refractivity contribution in [2.75, 3.05) is 0 Å². The van der Waals surface area contributed by atoms with Crippen LogP contribution in [-0.2, 0) is 0 Å². The second-order valence-corrected chi connectivity index (χ2v) is 4.25. The Hall–Kier alpha value is -2.62. The molecule has 0 atom stereocenters. The molecule has 1 N–H and O–H groups in total. The Labute approximate surface area is 109 Å². The average molecular weight is 252 g/mol. The molecule has 0 aliphatic carbocycles. The van der Waals surface area contributed by atoms with Gasteiger partial charge >= 0.3 is 0 Å². The molecule has 4 heteroatoms. The van der Waals surface area contributed by atoms with Crippen molar-refractivity contribution in [3.05, 3.63) is 59.8 Å². The van der Waals surface area contributed by atoms with E-state index in [-0.39, 0.29) is 5.78 Å². The first kappa shape index (κ1) is 11.5. The van der Waals surface area contributed by atoms with Crippen molar-refractivity contribution in [3.8, 4) is 0 Å². The second kappa shape index (κ2) is 4.57. The third-order valence-corrected chi connectivity index (χ3v) is 2.78. The number of hydrogen-bond acceptors (Lipinski definition) is 3. The van der Waals surface area contributed by atoms with E-state index in [2.05, 4.69) is 9.97 Å². The van der Waals surface area contributed by atoms with Crippen LogP contribution in [0.3, 0.4) is 0 Å². The van der Waals surface area contributed by atoms with Gasteiger partial charge in [-0.05, 0) is 43.3 Å². The molecule has 0 spiro atoms. The van der Waals surface area contributed by atoms with Crippen molar-refractivity contribution in [1.82, 2.24) is 9.97 Å². The molecule has 3 rings (SSSR count). The van der Waals surface area contributed by atoms with Gasteiger partial charge in [0.2, 0.25) is 5.78 Å². The molecule has 0 radical (unpaired) electrons. The number of imidazole rings is 1. The highest BCUT2D eigenvalue weighted by molar-refractivity contribution is 6.05. The van der Waals surface area contributed by atoms with E-state index in [1.807, 2.05) is 43.3 Å². The van der Waals surface area contributed by atoms with Crippen LogP contribution in [-0.4, -0.2) is 15.8 Å². The van der Waals surface area contributed by atoms with Gasteiger partial charge in [-0.25, -0.2) is 4.98 Å². The molecule has 19 heavy (non-hydrogen) atoms. The molecule has 4 nitrogen and oxygen atoms in total. The number of nitrogens with zero attached hydrogens (tertiary/aromatic N) is 1. The molecule has 0 amide bonds. The lowest BCUT2D eigenvalue weighted by molar-refractivity contribution is 0.103. The lowest BCUT2D eigenvalue weighted by Crippen LogP contribution is -1.96. The molecule has 2 aromatic heterocycles. The molecular weight excluding hydrogens is 240 g/mol. The number of para-hydroxylation sites is 2. The van der Waals surface area contributed by atoms with Gasteiger partial charge in [0.05, 0.1) is 11.0 Å². The molecule has 0 saturated carbocycles. The monoisotopic (exact) mass is 252 g/mol. The largest absolute Gasteiger partial charge is 0.462 e. The summed E-state index contributed by atoms with van der Waals surface area (Å²) in [5.41, 5.74) is 1.64. The van der Waals surface area contributed by atoms with E-state index < -0.39 is 0 Å². The maximum Gasteiger partial charge on any atom is 0.221 e. The van der Waals surface area contributed by atoms with Gasteiger partial charge in [-0.1, -0.05) is 12.1 Å². The zero-order valence-electron chi connectivity index (χ0n) is 10.4. The van der Waals surface area contributed by atoms with E-state index in [9.17, 15) is 4.79 Å². The minimum absolute atomic E-state index is 0.176. The summed E-state index contributed by atoms with van der Waals surface area (Å²) in [6.45, 7) is 1.86. The van der Waals surface area contributed by atoms with Crippen LogP contribution < -0.4 is 0 Å². The van der Waals surface area contributed by atoms with E-state index in [1.165, 1.54) is 6.08 Å². The van der Waals surface area contributed by atoms with Gasteiger partial charge in [0.1, 0.15) is 11.5 Å². The molecule has 1 aromatic carbocycles. The molecule has 2 heterocycles. The maximum atomic E-state index is 12.0. The second-order valence-electron chi connectivity index (χ2n) is 4.25. The summed E-state index contributed by atoms with van der Waals surface area (Å²) >= 11 is 0. The summed E-state index contributed by atoms with van der Waals surface area (Å²) in [6.07, 6.45) is 3.10. The SMILES string of the molecule is Cc1ccc(/C=C/C(=O)c2nc3ccccc3[nH]2)o1. The minimum Gasteiger partial charge on any atom is -0.462 e. The standard InChI is InChI=1S/C15H12N2O2/c1-10-6-7-11(19-10)8-9-14(18)15-16-12-4-2-3-5-13(12)17-15/h2-9H,1H3,(H,16,17)/b9-8+. The Balaban J connectivity index is 1.85. The number of nitrogens with one attached hydrogen (secondary N) is 1. The molecule has 0 fully saturated rings. The van der Waals surface area contributed by atoms with Crippen LogP contribution in [0.2, 0.25) is 0 Å². The Kier molecular flexibility index (Phi) is 2.76. The predicted molar refractivity (Wildman–Crippen MR) is 72.9 cm³/mol. The van der Waals surface area contributed by atoms with E-state index >= 15 is 0 Å². The van der Waals surface area contributed by atoms with Crippen LogP contribution in [0.1, 0.15) is 22.1 Å². The molecule has 0 saturated heterocycles. The van der Waals surface area contributed by atoms with Crippen LogP contribution in [0.15, 0.2) is 46.9 Å². The van der Waals surface area contributed by atoms with Gasteiger partial charge in [0, 0.05) is 0 Å². The fourth-order valence-electron chi connectivity index (χ4n) is 1.85. The molecule has 3 aromatic rings. The molecule has 94 valence electrons. The zero-order valence-corrected chi connectivity index (χ0v) is 10.4. The normalized spacial score (nSPS) is 11.4. The van der Waals surface area contributed by atoms with Crippen LogP contribution in [0.5, 0.6) is 0 Å². The number of carbonyl (C=O) groups is 1. The number of furan rings is 1. The summed E-state index contributed by atoms with van der Waals surface area (Å²) < 4.78 is 5.36. The van der Waals surface area contributed by atoms with Crippen molar-refractivity contribution in [2.24, 2.45) is 0 Å². The number of ketones is 1. The Morgan fingerprint density at radius 3 is 2.84 bits per heavy atom. The smallest absolute Gasteiger partial charge is 0.221 e. The Morgan fingerprint density at radius 1 is 1.26 bits per heavy atom. The molecule has 0 aliphatic rings. The average Bonchev–Trinajstić information content (AvgIpc) is 3.01. The fraction of sp³-hybridized carbons (Fsp3) is 0.0667. The van der Waals surface area contributed by atoms with E-state index in [1.54, 1.807) is 6.08 Å².